The second kappa shape index (κ2) is 10.1. The van der Waals surface area contributed by atoms with Crippen molar-refractivity contribution in [3.8, 4) is 17.2 Å². The van der Waals surface area contributed by atoms with Crippen LogP contribution in [0.15, 0.2) is 48.5 Å². The average molecular weight is 530 g/mol. The third-order valence-electron chi connectivity index (χ3n) is 5.37. The Hall–Kier alpha value is -5.10. The van der Waals surface area contributed by atoms with Crippen LogP contribution in [0, 0.1) is 64.4 Å². The summed E-state index contributed by atoms with van der Waals surface area (Å²) in [6, 6.07) is 12.3. The van der Waals surface area contributed by atoms with Crippen molar-refractivity contribution in [3.05, 3.63) is 112 Å². The first kappa shape index (κ1) is 26.0. The van der Waals surface area contributed by atoms with Crippen molar-refractivity contribution in [2.24, 2.45) is 0 Å². The smallest absolute Gasteiger partial charge is 0.263 e. The summed E-state index contributed by atoms with van der Waals surface area (Å²) < 4.78 is 112. The number of rotatable bonds is 5. The second-order valence-corrected chi connectivity index (χ2v) is 7.61. The van der Waals surface area contributed by atoms with Crippen LogP contribution in [0.4, 0.5) is 63.6 Å². The topological polar surface area (TPSA) is 52.2 Å². The van der Waals surface area contributed by atoms with Gasteiger partial charge >= 0.3 is 0 Å². The van der Waals surface area contributed by atoms with E-state index in [1.165, 1.54) is 48.5 Å². The zero-order chi connectivity index (χ0) is 27.7. The molecule has 4 aromatic carbocycles. The molecule has 0 radical (unpaired) electrons. The van der Waals surface area contributed by atoms with E-state index < -0.39 is 69.2 Å². The van der Waals surface area contributed by atoms with Gasteiger partial charge in [-0.25, -0.2) is 40.0 Å². The first-order valence-corrected chi connectivity index (χ1v) is 10.3. The van der Waals surface area contributed by atoms with E-state index in [1.54, 1.807) is 0 Å². The molecule has 190 valence electrons. The number of halogens is 8. The van der Waals surface area contributed by atoms with Crippen molar-refractivity contribution in [2.75, 3.05) is 10.6 Å². The molecule has 0 fully saturated rings. The van der Waals surface area contributed by atoms with Gasteiger partial charge in [-0.2, -0.15) is 5.26 Å². The van der Waals surface area contributed by atoms with Gasteiger partial charge in [-0.15, -0.1) is 0 Å². The van der Waals surface area contributed by atoms with Crippen LogP contribution in [0.5, 0.6) is 0 Å². The quantitative estimate of drug-likeness (QED) is 0.155. The summed E-state index contributed by atoms with van der Waals surface area (Å²) in [5.41, 5.74) is -3.86. The lowest BCUT2D eigenvalue weighted by atomic mass is 10.0. The van der Waals surface area contributed by atoms with E-state index in [0.29, 0.717) is 11.1 Å². The normalized spacial score (nSPS) is 10.6. The number of nitriles is 1. The minimum atomic E-state index is -1.84. The van der Waals surface area contributed by atoms with Gasteiger partial charge < -0.3 is 10.6 Å². The van der Waals surface area contributed by atoms with Gasteiger partial charge in [-0.05, 0) is 35.4 Å². The minimum Gasteiger partial charge on any atom is -0.351 e. The van der Waals surface area contributed by atoms with E-state index >= 15 is 0 Å². The Morgan fingerprint density at radius 2 is 0.895 bits per heavy atom. The van der Waals surface area contributed by atoms with Crippen LogP contribution in [-0.4, -0.2) is 0 Å². The summed E-state index contributed by atoms with van der Waals surface area (Å²) in [5.74, 6) is -14.4. The van der Waals surface area contributed by atoms with Crippen molar-refractivity contribution < 1.29 is 35.1 Å². The maximum atomic E-state index is 14.1. The minimum absolute atomic E-state index is 0.0474. The van der Waals surface area contributed by atoms with E-state index in [-0.39, 0.29) is 11.4 Å². The monoisotopic (exact) mass is 530 g/mol. The Labute approximate surface area is 209 Å². The number of hydrogen-bond acceptors (Lipinski definition) is 3. The molecule has 0 unspecified atom stereocenters. The highest BCUT2D eigenvalue weighted by Crippen LogP contribution is 2.35. The Kier molecular flexibility index (Phi) is 6.91. The molecule has 4 rings (SSSR count). The van der Waals surface area contributed by atoms with Gasteiger partial charge in [0.1, 0.15) is 23.0 Å². The van der Waals surface area contributed by atoms with Crippen LogP contribution >= 0.6 is 0 Å². The number of benzene rings is 4. The van der Waals surface area contributed by atoms with Crippen molar-refractivity contribution >= 4 is 28.4 Å². The summed E-state index contributed by atoms with van der Waals surface area (Å²) in [5, 5.41) is 13.1. The van der Waals surface area contributed by atoms with Gasteiger partial charge in [0, 0.05) is 11.4 Å². The fraction of sp³-hybridized carbons (Fsp3) is 0. The summed E-state index contributed by atoms with van der Waals surface area (Å²) in [7, 11) is 0. The summed E-state index contributed by atoms with van der Waals surface area (Å²) >= 11 is 0. The third-order valence-corrected chi connectivity index (χ3v) is 5.37. The highest BCUT2D eigenvalue weighted by Gasteiger charge is 2.27. The van der Waals surface area contributed by atoms with Crippen molar-refractivity contribution in [1.82, 2.24) is 0 Å². The van der Waals surface area contributed by atoms with E-state index in [1.807, 2.05) is 0 Å². The molecule has 0 aromatic heterocycles. The highest BCUT2D eigenvalue weighted by atomic mass is 19.2. The molecule has 0 bridgehead atoms. The summed E-state index contributed by atoms with van der Waals surface area (Å²) in [6.45, 7) is 6.65. The molecule has 0 spiro atoms. The molecular weight excluding hydrogens is 520 g/mol. The Balaban J connectivity index is 1.55. The third kappa shape index (κ3) is 4.44. The second-order valence-electron chi connectivity index (χ2n) is 7.61. The number of nitrogens with zero attached hydrogens (tertiary/aromatic N) is 2. The molecule has 0 atom stereocenters. The maximum absolute atomic E-state index is 14.1. The first-order chi connectivity index (χ1) is 18.1. The van der Waals surface area contributed by atoms with Crippen LogP contribution < -0.4 is 10.6 Å². The van der Waals surface area contributed by atoms with Gasteiger partial charge in [0.15, 0.2) is 46.5 Å². The molecule has 0 amide bonds. The predicted molar refractivity (Wildman–Crippen MR) is 122 cm³/mol. The lowest BCUT2D eigenvalue weighted by molar-refractivity contribution is 0.455. The van der Waals surface area contributed by atoms with Crippen LogP contribution in [-0.2, 0) is 0 Å². The van der Waals surface area contributed by atoms with Gasteiger partial charge in [0.25, 0.3) is 5.69 Å². The number of hydrogen-bond donors (Lipinski definition) is 2. The molecule has 2 N–H and O–H groups in total. The predicted octanol–water partition coefficient (Wildman–Crippen LogP) is 8.38. The lowest BCUT2D eigenvalue weighted by Crippen LogP contribution is -2.06. The number of anilines is 4. The molecule has 0 aliphatic rings. The lowest BCUT2D eigenvalue weighted by Gasteiger charge is -2.13. The van der Waals surface area contributed by atoms with Gasteiger partial charge in [0.2, 0.25) is 0 Å². The molecule has 4 nitrogen and oxygen atoms in total. The zero-order valence-corrected chi connectivity index (χ0v) is 18.5. The van der Waals surface area contributed by atoms with E-state index in [4.69, 9.17) is 11.8 Å². The van der Waals surface area contributed by atoms with Crippen molar-refractivity contribution in [2.45, 2.75) is 0 Å². The molecule has 0 heterocycles. The van der Waals surface area contributed by atoms with Crippen molar-refractivity contribution in [3.63, 3.8) is 0 Å². The van der Waals surface area contributed by atoms with Gasteiger partial charge in [-0.1, -0.05) is 24.3 Å². The zero-order valence-electron chi connectivity index (χ0n) is 18.5. The van der Waals surface area contributed by atoms with Crippen molar-refractivity contribution in [1.29, 1.82) is 5.26 Å². The summed E-state index contributed by atoms with van der Waals surface area (Å²) in [6.07, 6.45) is 0. The van der Waals surface area contributed by atoms with E-state index in [0.717, 1.165) is 6.07 Å². The number of nitrogens with one attached hydrogen (secondary N) is 2. The molecule has 12 heteroatoms. The Morgan fingerprint density at radius 1 is 0.553 bits per heavy atom. The van der Waals surface area contributed by atoms with E-state index in [9.17, 15) is 35.1 Å². The Morgan fingerprint density at radius 3 is 1.21 bits per heavy atom. The van der Waals surface area contributed by atoms with Crippen LogP contribution in [0.2, 0.25) is 0 Å². The largest absolute Gasteiger partial charge is 0.351 e. The molecule has 4 aromatic rings. The molecule has 0 aliphatic carbocycles. The van der Waals surface area contributed by atoms with E-state index in [2.05, 4.69) is 15.5 Å². The SMILES string of the molecule is [C-]#[N+]c1c(F)c(F)c(Nc2ccc(-c3ccc(Nc4c(F)c(F)c(C#N)c(F)c4F)cc3)cc2)c(F)c1F. The summed E-state index contributed by atoms with van der Waals surface area (Å²) in [4.78, 5) is 2.44. The molecule has 0 saturated heterocycles. The van der Waals surface area contributed by atoms with Gasteiger partial charge in [-0.3, -0.25) is 0 Å². The first-order valence-electron chi connectivity index (χ1n) is 10.3. The fourth-order valence-electron chi connectivity index (χ4n) is 3.45. The van der Waals surface area contributed by atoms with Crippen LogP contribution in [0.25, 0.3) is 16.0 Å². The molecule has 0 saturated carbocycles. The van der Waals surface area contributed by atoms with Crippen LogP contribution in [0.3, 0.4) is 0 Å². The average Bonchev–Trinajstić information content (AvgIpc) is 2.93. The molecule has 38 heavy (non-hydrogen) atoms. The maximum Gasteiger partial charge on any atom is 0.263 e. The molecule has 0 aliphatic heterocycles. The van der Waals surface area contributed by atoms with Crippen LogP contribution in [0.1, 0.15) is 5.56 Å². The van der Waals surface area contributed by atoms with Gasteiger partial charge in [0.05, 0.1) is 6.57 Å². The molecular formula is C26H10F8N4. The fourth-order valence-corrected chi connectivity index (χ4v) is 3.45. The highest BCUT2D eigenvalue weighted by molar-refractivity contribution is 5.72. The Bertz CT molecular complexity index is 1470. The standard InChI is InChI=1S/C26H10F8N4/c1-36-24-20(31)22(33)26(23(34)21(24)32)38-14-8-4-12(5-9-14)11-2-6-13(7-3-11)37-25-18(29)16(27)15(10-35)17(28)19(25)30/h2-9,37-38H.